The van der Waals surface area contributed by atoms with E-state index in [1.165, 1.54) is 7.05 Å². The molecule has 0 aliphatic heterocycles. The molecule has 118 valence electrons. The summed E-state index contributed by atoms with van der Waals surface area (Å²) in [6.07, 6.45) is -2.58. The summed E-state index contributed by atoms with van der Waals surface area (Å²) in [6, 6.07) is 6.41. The predicted octanol–water partition coefficient (Wildman–Crippen LogP) is 2.29. The lowest BCUT2D eigenvalue weighted by atomic mass is 10.2. The van der Waals surface area contributed by atoms with Crippen molar-refractivity contribution in [3.63, 3.8) is 0 Å². The van der Waals surface area contributed by atoms with Gasteiger partial charge in [-0.05, 0) is 12.1 Å². The maximum Gasteiger partial charge on any atom is 0.314 e. The Morgan fingerprint density at radius 2 is 2.14 bits per heavy atom. The van der Waals surface area contributed by atoms with Gasteiger partial charge in [-0.2, -0.15) is 5.10 Å². The number of hydrogen-bond acceptors (Lipinski definition) is 3. The van der Waals surface area contributed by atoms with Crippen molar-refractivity contribution in [2.24, 2.45) is 0 Å². The molecule has 9 heteroatoms. The highest BCUT2D eigenvalue weighted by molar-refractivity contribution is 6.33. The van der Waals surface area contributed by atoms with E-state index in [9.17, 15) is 13.6 Å². The number of nitrogens with one attached hydrogen (secondary N) is 2. The molecule has 0 fully saturated rings. The third kappa shape index (κ3) is 3.91. The zero-order valence-corrected chi connectivity index (χ0v) is 12.4. The number of rotatable bonds is 5. The number of amides is 2. The fourth-order valence-electron chi connectivity index (χ4n) is 1.79. The number of benzene rings is 1. The Bertz CT molecular complexity index is 662. The number of halogens is 3. The Balaban J connectivity index is 2.31. The van der Waals surface area contributed by atoms with Gasteiger partial charge in [-0.3, -0.25) is 0 Å². The Hall–Kier alpha value is -2.22. The summed E-state index contributed by atoms with van der Waals surface area (Å²) in [7, 11) is 1.45. The quantitative estimate of drug-likeness (QED) is 0.884. The molecule has 0 aliphatic rings. The molecule has 0 atom stereocenters. The van der Waals surface area contributed by atoms with Crippen molar-refractivity contribution in [2.75, 3.05) is 7.05 Å². The van der Waals surface area contributed by atoms with Crippen molar-refractivity contribution in [2.45, 2.75) is 19.5 Å². The van der Waals surface area contributed by atoms with Crippen LogP contribution >= 0.6 is 11.6 Å². The minimum Gasteiger partial charge on any atom is -0.341 e. The van der Waals surface area contributed by atoms with E-state index in [1.54, 1.807) is 24.3 Å². The molecule has 0 spiro atoms. The van der Waals surface area contributed by atoms with Crippen LogP contribution in [0.2, 0.25) is 5.02 Å². The molecule has 1 aromatic heterocycles. The minimum absolute atomic E-state index is 0.0240. The average Bonchev–Trinajstić information content (AvgIpc) is 2.87. The molecule has 0 saturated heterocycles. The van der Waals surface area contributed by atoms with Gasteiger partial charge in [0.25, 0.3) is 6.43 Å². The topological polar surface area (TPSA) is 71.8 Å². The first-order valence-corrected chi connectivity index (χ1v) is 6.81. The molecule has 6 nitrogen and oxygen atoms in total. The van der Waals surface area contributed by atoms with Crippen molar-refractivity contribution in [1.82, 2.24) is 25.4 Å². The zero-order valence-electron chi connectivity index (χ0n) is 11.7. The van der Waals surface area contributed by atoms with Gasteiger partial charge in [0.05, 0.1) is 11.6 Å². The summed E-state index contributed by atoms with van der Waals surface area (Å²) in [5.74, 6) is 0.457. The highest BCUT2D eigenvalue weighted by atomic mass is 35.5. The highest BCUT2D eigenvalue weighted by Crippen LogP contribution is 2.25. The van der Waals surface area contributed by atoms with E-state index >= 15 is 0 Å². The first kappa shape index (κ1) is 16.2. The lowest BCUT2D eigenvalue weighted by molar-refractivity contribution is 0.120. The van der Waals surface area contributed by atoms with Gasteiger partial charge in [-0.25, -0.2) is 23.2 Å². The van der Waals surface area contributed by atoms with Crippen LogP contribution in [0.5, 0.6) is 0 Å². The summed E-state index contributed by atoms with van der Waals surface area (Å²) < 4.78 is 26.4. The van der Waals surface area contributed by atoms with Crippen LogP contribution in [0.15, 0.2) is 24.3 Å². The second kappa shape index (κ2) is 7.17. The van der Waals surface area contributed by atoms with Crippen LogP contribution in [0.4, 0.5) is 13.6 Å². The van der Waals surface area contributed by atoms with Gasteiger partial charge < -0.3 is 10.6 Å². The van der Waals surface area contributed by atoms with E-state index in [4.69, 9.17) is 11.6 Å². The highest BCUT2D eigenvalue weighted by Gasteiger charge is 2.16. The number of aromatic nitrogens is 3. The van der Waals surface area contributed by atoms with E-state index < -0.39 is 19.0 Å². The number of carbonyl (C=O) groups excluding carboxylic acids is 1. The molecule has 0 unspecified atom stereocenters. The monoisotopic (exact) mass is 329 g/mol. The van der Waals surface area contributed by atoms with Crippen molar-refractivity contribution in [3.8, 4) is 11.4 Å². The van der Waals surface area contributed by atoms with Gasteiger partial charge >= 0.3 is 6.03 Å². The van der Waals surface area contributed by atoms with Gasteiger partial charge in [0.15, 0.2) is 5.82 Å². The SMILES string of the molecule is CNC(=O)NCc1nc(-c2ccccc2Cl)nn1CC(F)F. The maximum atomic E-state index is 12.6. The van der Waals surface area contributed by atoms with Crippen LogP contribution in [-0.2, 0) is 13.1 Å². The smallest absolute Gasteiger partial charge is 0.314 e. The average molecular weight is 330 g/mol. The minimum atomic E-state index is -2.58. The number of hydrogen-bond donors (Lipinski definition) is 2. The van der Waals surface area contributed by atoms with Crippen LogP contribution in [0.25, 0.3) is 11.4 Å². The van der Waals surface area contributed by atoms with Gasteiger partial charge in [0.1, 0.15) is 12.4 Å². The molecule has 1 aromatic carbocycles. The molecule has 0 radical (unpaired) electrons. The van der Waals surface area contributed by atoms with E-state index in [2.05, 4.69) is 20.7 Å². The summed E-state index contributed by atoms with van der Waals surface area (Å²) in [4.78, 5) is 15.4. The molecule has 0 saturated carbocycles. The van der Waals surface area contributed by atoms with Crippen LogP contribution in [0.3, 0.4) is 0 Å². The fraction of sp³-hybridized carbons (Fsp3) is 0.308. The normalized spacial score (nSPS) is 10.8. The number of carbonyl (C=O) groups is 1. The van der Waals surface area contributed by atoms with Gasteiger partial charge in [-0.15, -0.1) is 0 Å². The molecule has 2 rings (SSSR count). The van der Waals surface area contributed by atoms with Gasteiger partial charge in [0, 0.05) is 12.6 Å². The van der Waals surface area contributed by atoms with Crippen LogP contribution in [0.1, 0.15) is 5.82 Å². The second-order valence-electron chi connectivity index (χ2n) is 4.34. The first-order chi connectivity index (χ1) is 10.5. The van der Waals surface area contributed by atoms with Gasteiger partial charge in [-0.1, -0.05) is 23.7 Å². The number of nitrogens with zero attached hydrogens (tertiary/aromatic N) is 3. The second-order valence-corrected chi connectivity index (χ2v) is 4.74. The summed E-state index contributed by atoms with van der Waals surface area (Å²) in [5.41, 5.74) is 0.540. The molecular weight excluding hydrogens is 316 g/mol. The van der Waals surface area contributed by atoms with Gasteiger partial charge in [0.2, 0.25) is 0 Å². The van der Waals surface area contributed by atoms with Crippen molar-refractivity contribution in [1.29, 1.82) is 0 Å². The maximum absolute atomic E-state index is 12.6. The molecule has 1 heterocycles. The lowest BCUT2D eigenvalue weighted by Gasteiger charge is -2.06. The van der Waals surface area contributed by atoms with E-state index in [0.717, 1.165) is 4.68 Å². The third-order valence-electron chi connectivity index (χ3n) is 2.81. The third-order valence-corrected chi connectivity index (χ3v) is 3.14. The number of alkyl halides is 2. The molecular formula is C13H14ClF2N5O. The Morgan fingerprint density at radius 3 is 2.77 bits per heavy atom. The van der Waals surface area contributed by atoms with E-state index in [1.807, 2.05) is 0 Å². The molecule has 2 aromatic rings. The standard InChI is InChI=1S/C13H14ClF2N5O/c1-17-13(22)18-6-11-19-12(20-21(11)7-10(15)16)8-4-2-3-5-9(8)14/h2-5,10H,6-7H2,1H3,(H2,17,18,22). The summed E-state index contributed by atoms with van der Waals surface area (Å²) >= 11 is 6.06. The van der Waals surface area contributed by atoms with E-state index in [0.29, 0.717) is 10.6 Å². The fourth-order valence-corrected chi connectivity index (χ4v) is 2.01. The largest absolute Gasteiger partial charge is 0.341 e. The van der Waals surface area contributed by atoms with Crippen LogP contribution < -0.4 is 10.6 Å². The predicted molar refractivity (Wildman–Crippen MR) is 77.8 cm³/mol. The lowest BCUT2D eigenvalue weighted by Crippen LogP contribution is -2.33. The van der Waals surface area contributed by atoms with Crippen molar-refractivity contribution >= 4 is 17.6 Å². The van der Waals surface area contributed by atoms with E-state index in [-0.39, 0.29) is 18.2 Å². The van der Waals surface area contributed by atoms with Crippen molar-refractivity contribution < 1.29 is 13.6 Å². The Labute approximate surface area is 130 Å². The zero-order chi connectivity index (χ0) is 16.1. The first-order valence-electron chi connectivity index (χ1n) is 6.43. The molecule has 0 aliphatic carbocycles. The molecule has 2 N–H and O–H groups in total. The molecule has 22 heavy (non-hydrogen) atoms. The molecule has 2 amide bonds. The van der Waals surface area contributed by atoms with Crippen molar-refractivity contribution in [3.05, 3.63) is 35.1 Å². The summed E-state index contributed by atoms with van der Waals surface area (Å²) in [6.45, 7) is -0.633. The Kier molecular flexibility index (Phi) is 5.26. The summed E-state index contributed by atoms with van der Waals surface area (Å²) in [5, 5.41) is 9.33. The molecule has 0 bridgehead atoms. The van der Waals surface area contributed by atoms with Crippen LogP contribution in [0, 0.1) is 0 Å². The van der Waals surface area contributed by atoms with Crippen LogP contribution in [-0.4, -0.2) is 34.3 Å². The Morgan fingerprint density at radius 1 is 1.41 bits per heavy atom. The number of urea groups is 1.